The maximum Gasteiger partial charge on any atom is 0.416 e. The number of hydrogen-bond acceptors (Lipinski definition) is 1. The van der Waals surface area contributed by atoms with Gasteiger partial charge in [-0.05, 0) is 42.1 Å². The molecule has 0 aromatic heterocycles. The number of alkyl halides is 3. The standard InChI is InChI=1S/C12H10ClF3O/c1-3-4-8-5-7(2)9(11(13)17)6-10(8)12(14,15)16/h3,5-6H,1,4H2,2H3. The van der Waals surface area contributed by atoms with E-state index in [2.05, 4.69) is 6.58 Å². The van der Waals surface area contributed by atoms with Crippen LogP contribution in [0.3, 0.4) is 0 Å². The topological polar surface area (TPSA) is 17.1 Å². The molecule has 0 amide bonds. The zero-order valence-electron chi connectivity index (χ0n) is 9.07. The first kappa shape index (κ1) is 13.8. The van der Waals surface area contributed by atoms with Gasteiger partial charge in [-0.2, -0.15) is 13.2 Å². The van der Waals surface area contributed by atoms with E-state index < -0.39 is 17.0 Å². The summed E-state index contributed by atoms with van der Waals surface area (Å²) in [7, 11) is 0. The van der Waals surface area contributed by atoms with Crippen molar-refractivity contribution in [3.8, 4) is 0 Å². The summed E-state index contributed by atoms with van der Waals surface area (Å²) in [5, 5.41) is -0.891. The number of benzene rings is 1. The molecule has 1 rings (SSSR count). The van der Waals surface area contributed by atoms with Crippen LogP contribution in [0, 0.1) is 6.92 Å². The third kappa shape index (κ3) is 3.09. The van der Waals surface area contributed by atoms with Gasteiger partial charge in [0.1, 0.15) is 0 Å². The predicted molar refractivity (Wildman–Crippen MR) is 60.3 cm³/mol. The fourth-order valence-corrected chi connectivity index (χ4v) is 1.77. The molecule has 0 atom stereocenters. The van der Waals surface area contributed by atoms with Crippen LogP contribution in [0.2, 0.25) is 0 Å². The van der Waals surface area contributed by atoms with E-state index in [4.69, 9.17) is 11.6 Å². The van der Waals surface area contributed by atoms with Crippen molar-refractivity contribution in [3.05, 3.63) is 47.0 Å². The summed E-state index contributed by atoms with van der Waals surface area (Å²) >= 11 is 5.23. The van der Waals surface area contributed by atoms with Gasteiger partial charge in [0.2, 0.25) is 0 Å². The summed E-state index contributed by atoms with van der Waals surface area (Å²) in [6, 6.07) is 2.11. The monoisotopic (exact) mass is 262 g/mol. The van der Waals surface area contributed by atoms with Crippen LogP contribution in [0.1, 0.15) is 27.0 Å². The van der Waals surface area contributed by atoms with Crippen molar-refractivity contribution in [1.82, 2.24) is 0 Å². The first-order chi connectivity index (χ1) is 7.77. The lowest BCUT2D eigenvalue weighted by atomic mass is 9.97. The second kappa shape index (κ2) is 4.92. The summed E-state index contributed by atoms with van der Waals surface area (Å²) < 4.78 is 38.3. The minimum atomic E-state index is -4.51. The van der Waals surface area contributed by atoms with Crippen LogP contribution in [-0.2, 0) is 12.6 Å². The Morgan fingerprint density at radius 1 is 1.47 bits per heavy atom. The Hall–Kier alpha value is -1.29. The summed E-state index contributed by atoms with van der Waals surface area (Å²) in [5.74, 6) is 0. The highest BCUT2D eigenvalue weighted by Crippen LogP contribution is 2.34. The average Bonchev–Trinajstić information content (AvgIpc) is 2.15. The Labute approximate surface area is 102 Å². The Balaban J connectivity index is 3.47. The first-order valence-corrected chi connectivity index (χ1v) is 5.16. The number of aryl methyl sites for hydroxylation is 1. The van der Waals surface area contributed by atoms with Crippen LogP contribution >= 0.6 is 11.6 Å². The van der Waals surface area contributed by atoms with Gasteiger partial charge >= 0.3 is 6.18 Å². The molecule has 0 aliphatic rings. The summed E-state index contributed by atoms with van der Waals surface area (Å²) in [4.78, 5) is 11.0. The van der Waals surface area contributed by atoms with Crippen LogP contribution in [0.4, 0.5) is 13.2 Å². The molecule has 0 saturated heterocycles. The lowest BCUT2D eigenvalue weighted by Crippen LogP contribution is -2.11. The number of rotatable bonds is 3. The van der Waals surface area contributed by atoms with Crippen LogP contribution < -0.4 is 0 Å². The minimum absolute atomic E-state index is 0.0895. The van der Waals surface area contributed by atoms with Gasteiger partial charge in [0, 0.05) is 5.56 Å². The molecule has 0 heterocycles. The molecule has 5 heteroatoms. The van der Waals surface area contributed by atoms with Gasteiger partial charge in [0.05, 0.1) is 5.56 Å². The molecule has 0 bridgehead atoms. The van der Waals surface area contributed by atoms with E-state index in [-0.39, 0.29) is 17.5 Å². The molecule has 0 unspecified atom stereocenters. The van der Waals surface area contributed by atoms with E-state index in [1.54, 1.807) is 6.92 Å². The Bertz CT molecular complexity index is 464. The molecule has 0 N–H and O–H groups in total. The largest absolute Gasteiger partial charge is 0.416 e. The molecule has 0 aliphatic carbocycles. The molecule has 1 nitrogen and oxygen atoms in total. The highest BCUT2D eigenvalue weighted by atomic mass is 35.5. The summed E-state index contributed by atoms with van der Waals surface area (Å²) in [6.07, 6.45) is -3.04. The van der Waals surface area contributed by atoms with Crippen LogP contribution in [-0.4, -0.2) is 5.24 Å². The van der Waals surface area contributed by atoms with Gasteiger partial charge in [0.15, 0.2) is 0 Å². The van der Waals surface area contributed by atoms with Crippen molar-refractivity contribution in [1.29, 1.82) is 0 Å². The van der Waals surface area contributed by atoms with Crippen molar-refractivity contribution in [3.63, 3.8) is 0 Å². The third-order valence-electron chi connectivity index (χ3n) is 2.33. The summed E-state index contributed by atoms with van der Waals surface area (Å²) in [6.45, 7) is 4.95. The molecular weight excluding hydrogens is 253 g/mol. The Morgan fingerprint density at radius 3 is 2.47 bits per heavy atom. The second-order valence-electron chi connectivity index (χ2n) is 3.59. The van der Waals surface area contributed by atoms with E-state index in [0.29, 0.717) is 5.56 Å². The fraction of sp³-hybridized carbons (Fsp3) is 0.250. The smallest absolute Gasteiger partial charge is 0.276 e. The van der Waals surface area contributed by atoms with Gasteiger partial charge < -0.3 is 0 Å². The predicted octanol–water partition coefficient (Wildman–Crippen LogP) is 4.12. The molecule has 0 saturated carbocycles. The maximum absolute atomic E-state index is 12.8. The van der Waals surface area contributed by atoms with E-state index in [9.17, 15) is 18.0 Å². The van der Waals surface area contributed by atoms with Gasteiger partial charge in [-0.3, -0.25) is 4.79 Å². The molecular formula is C12H10ClF3O. The van der Waals surface area contributed by atoms with Gasteiger partial charge in [-0.15, -0.1) is 6.58 Å². The normalized spacial score (nSPS) is 11.4. The number of carbonyl (C=O) groups is 1. The lowest BCUT2D eigenvalue weighted by Gasteiger charge is -2.14. The van der Waals surface area contributed by atoms with E-state index >= 15 is 0 Å². The Kier molecular flexibility index (Phi) is 3.98. The summed E-state index contributed by atoms with van der Waals surface area (Å²) in [5.41, 5.74) is -0.444. The maximum atomic E-state index is 12.8. The Morgan fingerprint density at radius 2 is 2.06 bits per heavy atom. The highest BCUT2D eigenvalue weighted by molar-refractivity contribution is 6.67. The lowest BCUT2D eigenvalue weighted by molar-refractivity contribution is -0.138. The molecule has 17 heavy (non-hydrogen) atoms. The molecule has 1 aromatic rings. The van der Waals surface area contributed by atoms with Crippen molar-refractivity contribution in [2.75, 3.05) is 0 Å². The van der Waals surface area contributed by atoms with Crippen molar-refractivity contribution < 1.29 is 18.0 Å². The average molecular weight is 263 g/mol. The van der Waals surface area contributed by atoms with Crippen molar-refractivity contribution in [2.24, 2.45) is 0 Å². The van der Waals surface area contributed by atoms with Crippen LogP contribution in [0.25, 0.3) is 0 Å². The number of halogens is 4. The SMILES string of the molecule is C=CCc1cc(C)c(C(=O)Cl)cc1C(F)(F)F. The van der Waals surface area contributed by atoms with Gasteiger partial charge in [0.25, 0.3) is 5.24 Å². The first-order valence-electron chi connectivity index (χ1n) is 4.78. The van der Waals surface area contributed by atoms with Crippen LogP contribution in [0.15, 0.2) is 24.8 Å². The number of allylic oxidation sites excluding steroid dienone is 1. The molecule has 92 valence electrons. The molecule has 0 radical (unpaired) electrons. The molecule has 1 aromatic carbocycles. The second-order valence-corrected chi connectivity index (χ2v) is 3.93. The zero-order chi connectivity index (χ0) is 13.2. The third-order valence-corrected chi connectivity index (χ3v) is 2.54. The highest BCUT2D eigenvalue weighted by Gasteiger charge is 2.34. The van der Waals surface area contributed by atoms with Crippen molar-refractivity contribution >= 4 is 16.8 Å². The van der Waals surface area contributed by atoms with E-state index in [1.807, 2.05) is 0 Å². The molecule has 0 aliphatic heterocycles. The quantitative estimate of drug-likeness (QED) is 0.591. The minimum Gasteiger partial charge on any atom is -0.276 e. The van der Waals surface area contributed by atoms with E-state index in [0.717, 1.165) is 6.07 Å². The molecule has 0 spiro atoms. The van der Waals surface area contributed by atoms with Crippen LogP contribution in [0.5, 0.6) is 0 Å². The van der Waals surface area contributed by atoms with Crippen molar-refractivity contribution in [2.45, 2.75) is 19.5 Å². The van der Waals surface area contributed by atoms with Gasteiger partial charge in [-0.25, -0.2) is 0 Å². The number of hydrogen-bond donors (Lipinski definition) is 0. The zero-order valence-corrected chi connectivity index (χ0v) is 9.82. The fourth-order valence-electron chi connectivity index (χ4n) is 1.57. The van der Waals surface area contributed by atoms with E-state index in [1.165, 1.54) is 12.1 Å². The number of carbonyl (C=O) groups excluding carboxylic acids is 1. The van der Waals surface area contributed by atoms with Gasteiger partial charge in [-0.1, -0.05) is 12.1 Å². The molecule has 0 fully saturated rings.